The molecule has 0 aromatic carbocycles. The van der Waals surface area contributed by atoms with Gasteiger partial charge in [-0.1, -0.05) is 6.42 Å². The highest BCUT2D eigenvalue weighted by atomic mass is 15.3. The summed E-state index contributed by atoms with van der Waals surface area (Å²) in [7, 11) is 0. The Kier molecular flexibility index (Phi) is 3.61. The van der Waals surface area contributed by atoms with Crippen molar-refractivity contribution in [2.45, 2.75) is 50.7 Å². The van der Waals surface area contributed by atoms with Crippen LogP contribution in [0.1, 0.15) is 44.1 Å². The maximum absolute atomic E-state index is 4.87. The van der Waals surface area contributed by atoms with Crippen molar-refractivity contribution in [1.82, 2.24) is 25.2 Å². The molecule has 0 amide bonds. The zero-order valence-corrected chi connectivity index (χ0v) is 12.4. The average Bonchev–Trinajstić information content (AvgIpc) is 3.14. The van der Waals surface area contributed by atoms with Gasteiger partial charge in [-0.3, -0.25) is 9.88 Å². The van der Waals surface area contributed by atoms with E-state index in [4.69, 9.17) is 4.98 Å². The minimum Gasteiger partial charge on any atom is -0.314 e. The highest BCUT2D eigenvalue weighted by Crippen LogP contribution is 2.25. The van der Waals surface area contributed by atoms with Gasteiger partial charge in [0, 0.05) is 18.7 Å². The average molecular weight is 285 g/mol. The molecule has 2 unspecified atom stereocenters. The van der Waals surface area contributed by atoms with Crippen molar-refractivity contribution >= 4 is 11.2 Å². The van der Waals surface area contributed by atoms with Gasteiger partial charge in [-0.2, -0.15) is 0 Å². The third kappa shape index (κ3) is 2.56. The summed E-state index contributed by atoms with van der Waals surface area (Å²) in [6, 6.07) is 4.62. The first-order chi connectivity index (χ1) is 10.4. The van der Waals surface area contributed by atoms with Crippen molar-refractivity contribution in [2.24, 2.45) is 0 Å². The lowest BCUT2D eigenvalue weighted by atomic mass is 10.0. The first kappa shape index (κ1) is 13.2. The summed E-state index contributed by atoms with van der Waals surface area (Å²) < 4.78 is 2.35. The van der Waals surface area contributed by atoms with Crippen LogP contribution in [-0.4, -0.2) is 33.7 Å². The minimum absolute atomic E-state index is 0.364. The van der Waals surface area contributed by atoms with E-state index < -0.39 is 0 Å². The summed E-state index contributed by atoms with van der Waals surface area (Å²) >= 11 is 0. The molecule has 2 N–H and O–H groups in total. The van der Waals surface area contributed by atoms with E-state index in [1.54, 1.807) is 0 Å². The molecule has 0 radical (unpaired) electrons. The second kappa shape index (κ2) is 5.73. The summed E-state index contributed by atoms with van der Waals surface area (Å²) in [6.45, 7) is 2.24. The van der Waals surface area contributed by atoms with Gasteiger partial charge in [0.05, 0.1) is 6.17 Å². The molecule has 4 rings (SSSR count). The lowest BCUT2D eigenvalue weighted by Gasteiger charge is -2.24. The fraction of sp³-hybridized carbons (Fsp3) is 0.625. The Morgan fingerprint density at radius 1 is 1.14 bits per heavy atom. The van der Waals surface area contributed by atoms with E-state index in [0.717, 1.165) is 30.7 Å². The highest BCUT2D eigenvalue weighted by molar-refractivity contribution is 5.71. The second-order valence-electron chi connectivity index (χ2n) is 6.21. The Morgan fingerprint density at radius 2 is 2.10 bits per heavy atom. The fourth-order valence-corrected chi connectivity index (χ4v) is 3.65. The number of fused-ring (bicyclic) bond motifs is 1. The van der Waals surface area contributed by atoms with Crippen LogP contribution < -0.4 is 10.6 Å². The lowest BCUT2D eigenvalue weighted by molar-refractivity contribution is 0.379. The van der Waals surface area contributed by atoms with Crippen LogP contribution in [0.4, 0.5) is 0 Å². The van der Waals surface area contributed by atoms with E-state index in [1.807, 2.05) is 12.3 Å². The van der Waals surface area contributed by atoms with Gasteiger partial charge in [-0.15, -0.1) is 0 Å². The van der Waals surface area contributed by atoms with Gasteiger partial charge >= 0.3 is 0 Å². The summed E-state index contributed by atoms with van der Waals surface area (Å²) in [5, 5.41) is 7.23. The van der Waals surface area contributed by atoms with E-state index in [0.29, 0.717) is 12.2 Å². The SMILES string of the molecule is c1cnc2c(c1)nc(CC1CCCCN1)n2C1CCCN1. The summed E-state index contributed by atoms with van der Waals surface area (Å²) in [4.78, 5) is 9.45. The molecule has 5 heteroatoms. The molecule has 0 aliphatic carbocycles. The molecule has 2 fully saturated rings. The Bertz CT molecular complexity index is 608. The number of hydrogen-bond donors (Lipinski definition) is 2. The van der Waals surface area contributed by atoms with Gasteiger partial charge in [-0.25, -0.2) is 9.97 Å². The number of aromatic nitrogens is 3. The molecule has 5 nitrogen and oxygen atoms in total. The Labute approximate surface area is 125 Å². The molecule has 2 aliphatic heterocycles. The normalized spacial score (nSPS) is 26.5. The fourth-order valence-electron chi connectivity index (χ4n) is 3.65. The molecule has 2 aromatic heterocycles. The molecule has 2 aliphatic rings. The zero-order chi connectivity index (χ0) is 14.1. The second-order valence-corrected chi connectivity index (χ2v) is 6.21. The third-order valence-corrected chi connectivity index (χ3v) is 4.71. The van der Waals surface area contributed by atoms with E-state index in [9.17, 15) is 0 Å². The molecule has 21 heavy (non-hydrogen) atoms. The van der Waals surface area contributed by atoms with Gasteiger partial charge in [-0.05, 0) is 50.9 Å². The van der Waals surface area contributed by atoms with Gasteiger partial charge in [0.25, 0.3) is 0 Å². The zero-order valence-electron chi connectivity index (χ0n) is 12.4. The third-order valence-electron chi connectivity index (χ3n) is 4.71. The topological polar surface area (TPSA) is 54.8 Å². The van der Waals surface area contributed by atoms with Crippen LogP contribution in [0.2, 0.25) is 0 Å². The summed E-state index contributed by atoms with van der Waals surface area (Å²) in [5.74, 6) is 1.18. The number of piperidine rings is 1. The first-order valence-electron chi connectivity index (χ1n) is 8.20. The monoisotopic (exact) mass is 285 g/mol. The highest BCUT2D eigenvalue weighted by Gasteiger charge is 2.24. The van der Waals surface area contributed by atoms with E-state index in [-0.39, 0.29) is 0 Å². The molecule has 2 saturated heterocycles. The lowest BCUT2D eigenvalue weighted by Crippen LogP contribution is -2.36. The summed E-state index contributed by atoms with van der Waals surface area (Å²) in [6.07, 6.45) is 9.55. The molecular formula is C16H23N5. The van der Waals surface area contributed by atoms with Crippen LogP contribution in [-0.2, 0) is 6.42 Å². The van der Waals surface area contributed by atoms with Crippen molar-refractivity contribution < 1.29 is 0 Å². The van der Waals surface area contributed by atoms with Crippen molar-refractivity contribution in [2.75, 3.05) is 13.1 Å². The Morgan fingerprint density at radius 3 is 2.90 bits per heavy atom. The predicted octanol–water partition coefficient (Wildman–Crippen LogP) is 2.00. The van der Waals surface area contributed by atoms with Crippen LogP contribution in [0, 0.1) is 0 Å². The number of nitrogens with one attached hydrogen (secondary N) is 2. The largest absolute Gasteiger partial charge is 0.314 e. The number of nitrogens with zero attached hydrogens (tertiary/aromatic N) is 3. The Balaban J connectivity index is 1.70. The van der Waals surface area contributed by atoms with Crippen molar-refractivity contribution in [1.29, 1.82) is 0 Å². The number of rotatable bonds is 3. The molecule has 2 atom stereocenters. The maximum Gasteiger partial charge on any atom is 0.161 e. The van der Waals surface area contributed by atoms with Crippen molar-refractivity contribution in [3.05, 3.63) is 24.2 Å². The smallest absolute Gasteiger partial charge is 0.161 e. The van der Waals surface area contributed by atoms with Crippen molar-refractivity contribution in [3.63, 3.8) is 0 Å². The van der Waals surface area contributed by atoms with Gasteiger partial charge in [0.2, 0.25) is 0 Å². The van der Waals surface area contributed by atoms with Gasteiger partial charge in [0.1, 0.15) is 11.3 Å². The molecule has 4 heterocycles. The number of pyridine rings is 1. The van der Waals surface area contributed by atoms with E-state index >= 15 is 0 Å². The molecule has 0 bridgehead atoms. The van der Waals surface area contributed by atoms with Crippen LogP contribution in [0.25, 0.3) is 11.2 Å². The van der Waals surface area contributed by atoms with Crippen LogP contribution in [0.15, 0.2) is 18.3 Å². The molecule has 112 valence electrons. The van der Waals surface area contributed by atoms with Crippen LogP contribution in [0.3, 0.4) is 0 Å². The van der Waals surface area contributed by atoms with Gasteiger partial charge in [0.15, 0.2) is 5.65 Å². The van der Waals surface area contributed by atoms with Crippen LogP contribution >= 0.6 is 0 Å². The Hall–Kier alpha value is -1.46. The molecular weight excluding hydrogens is 262 g/mol. The van der Waals surface area contributed by atoms with Gasteiger partial charge < -0.3 is 5.32 Å². The maximum atomic E-state index is 4.87. The van der Waals surface area contributed by atoms with Crippen LogP contribution in [0.5, 0.6) is 0 Å². The standard InChI is InChI=1S/C16H23N5/c1-2-8-17-12(5-1)11-15-20-13-6-3-10-19-16(13)21(15)14-7-4-9-18-14/h3,6,10,12,14,17-18H,1-2,4-5,7-9,11H2. The minimum atomic E-state index is 0.364. The number of imidazole rings is 1. The molecule has 2 aromatic rings. The summed E-state index contributed by atoms with van der Waals surface area (Å²) in [5.41, 5.74) is 2.06. The van der Waals surface area contributed by atoms with E-state index in [2.05, 4.69) is 26.3 Å². The predicted molar refractivity (Wildman–Crippen MR) is 83.1 cm³/mol. The molecule has 0 saturated carbocycles. The molecule has 0 spiro atoms. The number of hydrogen-bond acceptors (Lipinski definition) is 4. The quantitative estimate of drug-likeness (QED) is 0.905. The van der Waals surface area contributed by atoms with E-state index in [1.165, 1.54) is 37.9 Å². The van der Waals surface area contributed by atoms with Crippen molar-refractivity contribution in [3.8, 4) is 0 Å². The first-order valence-corrected chi connectivity index (χ1v) is 8.20.